The number of ether oxygens (including phenoxy) is 1. The molecule has 1 aromatic rings. The highest BCUT2D eigenvalue weighted by Gasteiger charge is 2.13. The zero-order valence-electron chi connectivity index (χ0n) is 10.4. The summed E-state index contributed by atoms with van der Waals surface area (Å²) in [5.74, 6) is 0.676. The minimum Gasteiger partial charge on any atom is -0.493 e. The highest BCUT2D eigenvalue weighted by atomic mass is 79.9. The van der Waals surface area contributed by atoms with Crippen LogP contribution in [-0.4, -0.2) is 47.5 Å². The van der Waals surface area contributed by atoms with Crippen LogP contribution in [-0.2, 0) is 0 Å². The van der Waals surface area contributed by atoms with Crippen LogP contribution >= 0.6 is 15.9 Å². The predicted molar refractivity (Wildman–Crippen MR) is 74.4 cm³/mol. The van der Waals surface area contributed by atoms with E-state index in [0.29, 0.717) is 25.3 Å². The van der Waals surface area contributed by atoms with Crippen LogP contribution in [0.2, 0.25) is 0 Å². The Morgan fingerprint density at radius 3 is 2.56 bits per heavy atom. The van der Waals surface area contributed by atoms with Crippen LogP contribution in [0, 0.1) is 0 Å². The maximum Gasteiger partial charge on any atom is 0.253 e. The van der Waals surface area contributed by atoms with Crippen LogP contribution in [0.15, 0.2) is 24.3 Å². The van der Waals surface area contributed by atoms with Gasteiger partial charge in [0.05, 0.1) is 13.2 Å². The number of likely N-dealkylation sites (N-methyl/N-ethyl adjacent to an activating group) is 1. The molecule has 4 nitrogen and oxygen atoms in total. The number of nitrogens with zero attached hydrogens (tertiary/aromatic N) is 1. The topological polar surface area (TPSA) is 49.8 Å². The third kappa shape index (κ3) is 4.31. The average molecular weight is 316 g/mol. The Morgan fingerprint density at radius 2 is 2.06 bits per heavy atom. The van der Waals surface area contributed by atoms with E-state index in [-0.39, 0.29) is 12.5 Å². The molecular weight excluding hydrogens is 298 g/mol. The van der Waals surface area contributed by atoms with Gasteiger partial charge < -0.3 is 14.7 Å². The van der Waals surface area contributed by atoms with Crippen LogP contribution in [0.25, 0.3) is 0 Å². The maximum absolute atomic E-state index is 12.1. The van der Waals surface area contributed by atoms with Gasteiger partial charge in [-0.2, -0.15) is 0 Å². The van der Waals surface area contributed by atoms with E-state index in [0.717, 1.165) is 11.1 Å². The number of carbonyl (C=O) groups excluding carboxylic acids is 1. The third-order valence-corrected chi connectivity index (χ3v) is 2.81. The van der Waals surface area contributed by atoms with Crippen LogP contribution in [0.4, 0.5) is 0 Å². The molecule has 0 bridgehead atoms. The molecular formula is C13H18BrNO3. The Hall–Kier alpha value is -1.07. The number of aliphatic hydroxyl groups is 1. The molecule has 0 aliphatic carbocycles. The highest BCUT2D eigenvalue weighted by molar-refractivity contribution is 9.09. The second-order valence-corrected chi connectivity index (χ2v) is 4.46. The smallest absolute Gasteiger partial charge is 0.253 e. The van der Waals surface area contributed by atoms with Crippen molar-refractivity contribution in [1.29, 1.82) is 0 Å². The normalized spacial score (nSPS) is 10.2. The third-order valence-electron chi connectivity index (χ3n) is 2.49. The van der Waals surface area contributed by atoms with Gasteiger partial charge in [0, 0.05) is 24.0 Å². The minimum atomic E-state index is -0.0707. The summed E-state index contributed by atoms with van der Waals surface area (Å²) in [5.41, 5.74) is 0.608. The molecule has 0 heterocycles. The van der Waals surface area contributed by atoms with E-state index in [9.17, 15) is 4.79 Å². The van der Waals surface area contributed by atoms with E-state index in [2.05, 4.69) is 15.9 Å². The van der Waals surface area contributed by atoms with Crippen LogP contribution in [0.3, 0.4) is 0 Å². The molecule has 18 heavy (non-hydrogen) atoms. The minimum absolute atomic E-state index is 0.0218. The van der Waals surface area contributed by atoms with Gasteiger partial charge in [0.2, 0.25) is 0 Å². The number of hydrogen-bond donors (Lipinski definition) is 1. The number of aliphatic hydroxyl groups excluding tert-OH is 1. The molecule has 0 radical (unpaired) electrons. The lowest BCUT2D eigenvalue weighted by Crippen LogP contribution is -2.33. The lowest BCUT2D eigenvalue weighted by Gasteiger charge is -2.19. The number of amides is 1. The lowest BCUT2D eigenvalue weighted by molar-refractivity contribution is 0.0732. The zero-order chi connectivity index (χ0) is 13.4. The van der Waals surface area contributed by atoms with E-state index in [1.807, 2.05) is 6.92 Å². The molecule has 0 spiro atoms. The molecule has 100 valence electrons. The van der Waals surface area contributed by atoms with E-state index in [1.54, 1.807) is 29.2 Å². The van der Waals surface area contributed by atoms with Crippen LogP contribution in [0.5, 0.6) is 5.75 Å². The van der Waals surface area contributed by atoms with Crippen molar-refractivity contribution < 1.29 is 14.6 Å². The van der Waals surface area contributed by atoms with Crippen LogP contribution in [0.1, 0.15) is 17.3 Å². The van der Waals surface area contributed by atoms with Crippen molar-refractivity contribution in [3.05, 3.63) is 29.8 Å². The van der Waals surface area contributed by atoms with Gasteiger partial charge in [-0.3, -0.25) is 4.79 Å². The molecule has 0 aliphatic rings. The summed E-state index contributed by atoms with van der Waals surface area (Å²) in [7, 11) is 0. The number of hydrogen-bond acceptors (Lipinski definition) is 3. The molecule has 1 N–H and O–H groups in total. The average Bonchev–Trinajstić information content (AvgIpc) is 2.42. The summed E-state index contributed by atoms with van der Waals surface area (Å²) in [6, 6.07) is 7.04. The van der Waals surface area contributed by atoms with Crippen molar-refractivity contribution in [2.24, 2.45) is 0 Å². The quantitative estimate of drug-likeness (QED) is 0.782. The van der Waals surface area contributed by atoms with E-state index in [1.165, 1.54) is 0 Å². The molecule has 0 fully saturated rings. The Morgan fingerprint density at radius 1 is 1.39 bits per heavy atom. The molecule has 0 unspecified atom stereocenters. The van der Waals surface area contributed by atoms with Crippen LogP contribution < -0.4 is 4.74 Å². The van der Waals surface area contributed by atoms with Gasteiger partial charge in [-0.25, -0.2) is 0 Å². The van der Waals surface area contributed by atoms with Crippen molar-refractivity contribution in [2.75, 3.05) is 31.6 Å². The van der Waals surface area contributed by atoms with Gasteiger partial charge in [0.25, 0.3) is 5.91 Å². The molecule has 0 aromatic heterocycles. The van der Waals surface area contributed by atoms with Gasteiger partial charge in [-0.05, 0) is 31.2 Å². The fourth-order valence-corrected chi connectivity index (χ4v) is 1.72. The van der Waals surface area contributed by atoms with Crippen molar-refractivity contribution in [1.82, 2.24) is 4.90 Å². The van der Waals surface area contributed by atoms with Gasteiger partial charge in [0.15, 0.2) is 0 Å². The van der Waals surface area contributed by atoms with Crippen molar-refractivity contribution in [2.45, 2.75) is 6.92 Å². The van der Waals surface area contributed by atoms with Crippen molar-refractivity contribution in [3.8, 4) is 5.75 Å². The second kappa shape index (κ2) is 8.11. The summed E-state index contributed by atoms with van der Waals surface area (Å²) >= 11 is 3.28. The molecule has 0 atom stereocenters. The first-order valence-electron chi connectivity index (χ1n) is 5.91. The highest BCUT2D eigenvalue weighted by Crippen LogP contribution is 2.13. The number of halogens is 1. The summed E-state index contributed by atoms with van der Waals surface area (Å²) in [6.07, 6.45) is 0. The Balaban J connectivity index is 2.68. The van der Waals surface area contributed by atoms with E-state index < -0.39 is 0 Å². The molecule has 0 aliphatic heterocycles. The summed E-state index contributed by atoms with van der Waals surface area (Å²) in [4.78, 5) is 13.7. The standard InChI is InChI=1S/C13H18BrNO3/c1-2-15(8-9-16)13(17)11-3-5-12(6-4-11)18-10-7-14/h3-6,16H,2,7-10H2,1H3. The first-order chi connectivity index (χ1) is 8.72. The fraction of sp³-hybridized carbons (Fsp3) is 0.462. The Labute approximate surface area is 116 Å². The zero-order valence-corrected chi connectivity index (χ0v) is 12.0. The lowest BCUT2D eigenvalue weighted by atomic mass is 10.2. The maximum atomic E-state index is 12.1. The number of rotatable bonds is 7. The molecule has 1 amide bonds. The monoisotopic (exact) mass is 315 g/mol. The molecule has 0 saturated heterocycles. The van der Waals surface area contributed by atoms with E-state index in [4.69, 9.17) is 9.84 Å². The van der Waals surface area contributed by atoms with Gasteiger partial charge in [0.1, 0.15) is 5.75 Å². The number of alkyl halides is 1. The fourth-order valence-electron chi connectivity index (χ4n) is 1.56. The van der Waals surface area contributed by atoms with E-state index >= 15 is 0 Å². The van der Waals surface area contributed by atoms with Gasteiger partial charge >= 0.3 is 0 Å². The summed E-state index contributed by atoms with van der Waals surface area (Å²) < 4.78 is 5.41. The molecule has 0 saturated carbocycles. The van der Waals surface area contributed by atoms with Crippen molar-refractivity contribution >= 4 is 21.8 Å². The number of benzene rings is 1. The summed E-state index contributed by atoms with van der Waals surface area (Å²) in [5, 5.41) is 9.66. The second-order valence-electron chi connectivity index (χ2n) is 3.67. The molecule has 1 aromatic carbocycles. The SMILES string of the molecule is CCN(CCO)C(=O)c1ccc(OCCBr)cc1. The first kappa shape index (κ1) is 15.0. The van der Waals surface area contributed by atoms with Gasteiger partial charge in [-0.1, -0.05) is 15.9 Å². The van der Waals surface area contributed by atoms with Crippen molar-refractivity contribution in [3.63, 3.8) is 0 Å². The Bertz CT molecular complexity index is 367. The molecule has 5 heteroatoms. The van der Waals surface area contributed by atoms with Gasteiger partial charge in [-0.15, -0.1) is 0 Å². The number of carbonyl (C=O) groups is 1. The molecule has 1 rings (SSSR count). The predicted octanol–water partition coefficient (Wildman–Crippen LogP) is 1.91. The first-order valence-corrected chi connectivity index (χ1v) is 7.04. The largest absolute Gasteiger partial charge is 0.493 e. The summed E-state index contributed by atoms with van der Waals surface area (Å²) in [6.45, 7) is 3.41. The Kier molecular flexibility index (Phi) is 6.75.